The van der Waals surface area contributed by atoms with Crippen molar-refractivity contribution in [2.75, 3.05) is 6.61 Å². The molecule has 4 nitrogen and oxygen atoms in total. The number of carbonyl (C=O) groups is 1. The molecule has 5 heteroatoms. The SMILES string of the molecule is Cl.[2H]C([2H])([2H])C([2H])([2H])[C@@H]1C(=O)OC[C@@H]1Cc1cncn1C. The predicted molar refractivity (Wildman–Crippen MR) is 62.4 cm³/mol. The fourth-order valence-electron chi connectivity index (χ4n) is 1.77. The van der Waals surface area contributed by atoms with Crippen LogP contribution in [-0.2, 0) is 23.0 Å². The van der Waals surface area contributed by atoms with Gasteiger partial charge in [-0.15, -0.1) is 12.4 Å². The van der Waals surface area contributed by atoms with Crippen molar-refractivity contribution in [1.29, 1.82) is 0 Å². The van der Waals surface area contributed by atoms with Crippen LogP contribution in [0.25, 0.3) is 0 Å². The number of carbonyl (C=O) groups excluding carboxylic acids is 1. The van der Waals surface area contributed by atoms with Crippen LogP contribution in [0.3, 0.4) is 0 Å². The van der Waals surface area contributed by atoms with Crippen LogP contribution in [-0.4, -0.2) is 22.1 Å². The number of hydrogen-bond donors (Lipinski definition) is 0. The fourth-order valence-corrected chi connectivity index (χ4v) is 1.77. The van der Waals surface area contributed by atoms with Gasteiger partial charge in [-0.2, -0.15) is 0 Å². The lowest BCUT2D eigenvalue weighted by atomic mass is 9.89. The molecule has 2 atom stereocenters. The number of aryl methyl sites for hydroxylation is 1. The minimum Gasteiger partial charge on any atom is -0.465 e. The van der Waals surface area contributed by atoms with Gasteiger partial charge in [-0.3, -0.25) is 4.79 Å². The molecular formula is C11H17ClN2O2. The Morgan fingerprint density at radius 2 is 2.62 bits per heavy atom. The van der Waals surface area contributed by atoms with Crippen molar-refractivity contribution in [2.45, 2.75) is 19.6 Å². The maximum absolute atomic E-state index is 11.8. The monoisotopic (exact) mass is 249 g/mol. The zero-order valence-corrected chi connectivity index (χ0v) is 9.66. The summed E-state index contributed by atoms with van der Waals surface area (Å²) in [6, 6.07) is 0. The lowest BCUT2D eigenvalue weighted by molar-refractivity contribution is -0.141. The standard InChI is InChI=1S/C11H16N2O2.ClH/c1-3-10-8(6-15-11(10)14)4-9-5-12-7-13(9)2;/h5,7-8,10H,3-4,6H2,1-2H3;1H/t8-,10-;/m0./s1/i1D3,3D2;. The topological polar surface area (TPSA) is 44.1 Å². The molecule has 2 rings (SSSR count). The fraction of sp³-hybridized carbons (Fsp3) is 0.636. The van der Waals surface area contributed by atoms with Crippen molar-refractivity contribution >= 4 is 18.4 Å². The molecule has 0 aliphatic carbocycles. The Labute approximate surface area is 108 Å². The van der Waals surface area contributed by atoms with E-state index in [1.807, 2.05) is 0 Å². The molecule has 1 aromatic heterocycles. The van der Waals surface area contributed by atoms with Crippen LogP contribution in [0.1, 0.15) is 25.8 Å². The minimum absolute atomic E-state index is 0. The van der Waals surface area contributed by atoms with Crippen LogP contribution in [0.2, 0.25) is 0 Å². The molecule has 0 N–H and O–H groups in total. The van der Waals surface area contributed by atoms with Crippen molar-refractivity contribution in [3.8, 4) is 0 Å². The van der Waals surface area contributed by atoms with Gasteiger partial charge in [0.05, 0.1) is 18.9 Å². The summed E-state index contributed by atoms with van der Waals surface area (Å²) in [6.07, 6.45) is 0.956. The predicted octanol–water partition coefficient (Wildman–Crippen LogP) is 1.58. The Morgan fingerprint density at radius 3 is 3.25 bits per heavy atom. The van der Waals surface area contributed by atoms with Crippen LogP contribution in [0.15, 0.2) is 12.5 Å². The van der Waals surface area contributed by atoms with E-state index in [0.717, 1.165) is 5.69 Å². The van der Waals surface area contributed by atoms with Crippen molar-refractivity contribution in [3.05, 3.63) is 18.2 Å². The molecule has 1 fully saturated rings. The Kier molecular flexibility index (Phi) is 2.45. The average Bonchev–Trinajstić information content (AvgIpc) is 2.86. The minimum atomic E-state index is -2.87. The van der Waals surface area contributed by atoms with Crippen LogP contribution >= 0.6 is 12.4 Å². The largest absolute Gasteiger partial charge is 0.465 e. The normalized spacial score (nSPS) is 30.3. The first kappa shape index (κ1) is 7.33. The lowest BCUT2D eigenvalue weighted by Crippen LogP contribution is -2.18. The Morgan fingerprint density at radius 1 is 1.81 bits per heavy atom. The Balaban J connectivity index is 0.00000220. The maximum atomic E-state index is 11.8. The smallest absolute Gasteiger partial charge is 0.309 e. The first-order valence-electron chi connectivity index (χ1n) is 7.26. The number of halogens is 1. The highest BCUT2D eigenvalue weighted by Gasteiger charge is 2.35. The summed E-state index contributed by atoms with van der Waals surface area (Å²) in [5.41, 5.74) is 0.805. The highest BCUT2D eigenvalue weighted by atomic mass is 35.5. The number of esters is 1. The highest BCUT2D eigenvalue weighted by molar-refractivity contribution is 5.85. The van der Waals surface area contributed by atoms with Gasteiger partial charge >= 0.3 is 5.97 Å². The number of rotatable bonds is 3. The van der Waals surface area contributed by atoms with Crippen LogP contribution in [0.5, 0.6) is 0 Å². The van der Waals surface area contributed by atoms with Crippen LogP contribution in [0, 0.1) is 11.8 Å². The number of ether oxygens (including phenoxy) is 1. The van der Waals surface area contributed by atoms with E-state index in [9.17, 15) is 4.79 Å². The lowest BCUT2D eigenvalue weighted by Gasteiger charge is -2.12. The van der Waals surface area contributed by atoms with E-state index in [2.05, 4.69) is 4.98 Å². The van der Waals surface area contributed by atoms with E-state index >= 15 is 0 Å². The maximum Gasteiger partial charge on any atom is 0.309 e. The second-order valence-electron chi connectivity index (χ2n) is 3.71. The van der Waals surface area contributed by atoms with E-state index < -0.39 is 31.0 Å². The Hall–Kier alpha value is -1.03. The zero-order valence-electron chi connectivity index (χ0n) is 13.8. The highest BCUT2D eigenvalue weighted by Crippen LogP contribution is 2.27. The number of cyclic esters (lactones) is 1. The third-order valence-electron chi connectivity index (χ3n) is 2.71. The molecule has 0 amide bonds. The zero-order chi connectivity index (χ0) is 15.1. The van der Waals surface area contributed by atoms with Gasteiger partial charge in [0.1, 0.15) is 0 Å². The number of imidazole rings is 1. The summed E-state index contributed by atoms with van der Waals surface area (Å²) in [5.74, 6) is -2.57. The quantitative estimate of drug-likeness (QED) is 0.764. The number of nitrogens with zero attached hydrogens (tertiary/aromatic N) is 2. The third-order valence-corrected chi connectivity index (χ3v) is 2.71. The average molecular weight is 250 g/mol. The molecule has 1 aliphatic rings. The van der Waals surface area contributed by atoms with Crippen molar-refractivity contribution in [3.63, 3.8) is 0 Å². The van der Waals surface area contributed by atoms with Crippen molar-refractivity contribution in [2.24, 2.45) is 18.9 Å². The van der Waals surface area contributed by atoms with E-state index in [1.54, 1.807) is 24.1 Å². The second-order valence-corrected chi connectivity index (χ2v) is 3.71. The third kappa shape index (κ3) is 2.38. The molecule has 0 radical (unpaired) electrons. The molecule has 16 heavy (non-hydrogen) atoms. The van der Waals surface area contributed by atoms with Gasteiger partial charge in [-0.05, 0) is 12.8 Å². The van der Waals surface area contributed by atoms with E-state index in [-0.39, 0.29) is 19.0 Å². The molecule has 0 saturated carbocycles. The molecule has 1 aliphatic heterocycles. The van der Waals surface area contributed by atoms with Gasteiger partial charge in [-0.25, -0.2) is 4.98 Å². The summed E-state index contributed by atoms with van der Waals surface area (Å²) in [5, 5.41) is 0. The number of hydrogen-bond acceptors (Lipinski definition) is 3. The van der Waals surface area contributed by atoms with Gasteiger partial charge in [0.2, 0.25) is 0 Å². The summed E-state index contributed by atoms with van der Waals surface area (Å²) in [6.45, 7) is -2.84. The molecule has 1 aromatic rings. The van der Waals surface area contributed by atoms with Crippen molar-refractivity contribution < 1.29 is 16.4 Å². The van der Waals surface area contributed by atoms with E-state index in [1.165, 1.54) is 0 Å². The van der Waals surface area contributed by atoms with Gasteiger partial charge in [0.15, 0.2) is 0 Å². The first-order valence-corrected chi connectivity index (χ1v) is 4.76. The molecule has 0 bridgehead atoms. The molecule has 0 spiro atoms. The van der Waals surface area contributed by atoms with Crippen molar-refractivity contribution in [1.82, 2.24) is 9.55 Å². The second kappa shape index (κ2) is 5.34. The van der Waals surface area contributed by atoms with Gasteiger partial charge in [0.25, 0.3) is 0 Å². The van der Waals surface area contributed by atoms with E-state index in [4.69, 9.17) is 11.6 Å². The van der Waals surface area contributed by atoms with Gasteiger partial charge in [0, 0.05) is 31.7 Å². The molecule has 1 saturated heterocycles. The summed E-state index contributed by atoms with van der Waals surface area (Å²) in [4.78, 5) is 15.7. The van der Waals surface area contributed by atoms with Gasteiger partial charge in [-0.1, -0.05) is 6.85 Å². The Bertz CT molecular complexity index is 517. The molecule has 2 heterocycles. The number of aromatic nitrogens is 2. The first-order chi connectivity index (χ1) is 9.14. The van der Waals surface area contributed by atoms with Gasteiger partial charge < -0.3 is 9.30 Å². The molecule has 90 valence electrons. The summed E-state index contributed by atoms with van der Waals surface area (Å²) in [7, 11) is 1.79. The summed E-state index contributed by atoms with van der Waals surface area (Å²) >= 11 is 0. The molecular weight excluding hydrogens is 228 g/mol. The van der Waals surface area contributed by atoms with E-state index in [0.29, 0.717) is 6.42 Å². The van der Waals surface area contributed by atoms with Crippen LogP contribution < -0.4 is 0 Å². The van der Waals surface area contributed by atoms with Crippen LogP contribution in [0.4, 0.5) is 0 Å². The molecule has 0 unspecified atom stereocenters. The molecule has 0 aromatic carbocycles. The summed E-state index contributed by atoms with van der Waals surface area (Å²) < 4.78 is 44.2.